The van der Waals surface area contributed by atoms with Crippen molar-refractivity contribution in [2.75, 3.05) is 6.54 Å². The Morgan fingerprint density at radius 1 is 1.41 bits per heavy atom. The monoisotopic (exact) mass is 235 g/mol. The molecule has 0 unspecified atom stereocenters. The van der Waals surface area contributed by atoms with Crippen LogP contribution in [0, 0.1) is 12.7 Å². The Morgan fingerprint density at radius 2 is 2.29 bits per heavy atom. The van der Waals surface area contributed by atoms with Crippen molar-refractivity contribution in [3.8, 4) is 0 Å². The van der Waals surface area contributed by atoms with Crippen molar-refractivity contribution in [2.24, 2.45) is 0 Å². The van der Waals surface area contributed by atoms with Gasteiger partial charge in [-0.05, 0) is 30.2 Å². The second-order valence-corrected chi connectivity index (χ2v) is 3.85. The van der Waals surface area contributed by atoms with E-state index in [0.717, 1.165) is 17.7 Å². The van der Waals surface area contributed by atoms with Crippen LogP contribution < -0.4 is 5.32 Å². The smallest absolute Gasteiger partial charge is 0.213 e. The van der Waals surface area contributed by atoms with Crippen LogP contribution in [0.15, 0.2) is 29.1 Å². The van der Waals surface area contributed by atoms with Crippen molar-refractivity contribution in [3.63, 3.8) is 0 Å². The van der Waals surface area contributed by atoms with Crippen LogP contribution in [0.5, 0.6) is 0 Å². The summed E-state index contributed by atoms with van der Waals surface area (Å²) in [7, 11) is 0. The Bertz CT molecular complexity index is 471. The molecule has 0 fully saturated rings. The molecule has 5 heteroatoms. The van der Waals surface area contributed by atoms with Crippen LogP contribution in [0.3, 0.4) is 0 Å². The van der Waals surface area contributed by atoms with E-state index in [1.807, 2.05) is 6.92 Å². The molecule has 0 bridgehead atoms. The molecule has 1 heterocycles. The lowest BCUT2D eigenvalue weighted by Crippen LogP contribution is -2.17. The second-order valence-electron chi connectivity index (χ2n) is 3.85. The number of rotatable bonds is 5. The Kier molecular flexibility index (Phi) is 3.82. The maximum Gasteiger partial charge on any atom is 0.213 e. The molecule has 2 rings (SSSR count). The number of nitrogens with one attached hydrogen (secondary N) is 1. The van der Waals surface area contributed by atoms with Gasteiger partial charge >= 0.3 is 0 Å². The van der Waals surface area contributed by atoms with E-state index in [4.69, 9.17) is 0 Å². The van der Waals surface area contributed by atoms with E-state index in [2.05, 4.69) is 20.0 Å². The lowest BCUT2D eigenvalue weighted by atomic mass is 10.1. The Labute approximate surface area is 98.8 Å². The van der Waals surface area contributed by atoms with Crippen molar-refractivity contribution in [1.29, 1.82) is 0 Å². The summed E-state index contributed by atoms with van der Waals surface area (Å²) in [6.45, 7) is 3.34. The SMILES string of the molecule is Cc1ccc(F)cc1CNCCc1ncon1. The van der Waals surface area contributed by atoms with E-state index in [1.54, 1.807) is 12.1 Å². The van der Waals surface area contributed by atoms with Gasteiger partial charge in [0.05, 0.1) is 0 Å². The number of halogens is 1. The van der Waals surface area contributed by atoms with Gasteiger partial charge in [-0.25, -0.2) is 4.39 Å². The minimum Gasteiger partial charge on any atom is -0.343 e. The summed E-state index contributed by atoms with van der Waals surface area (Å²) < 4.78 is 17.6. The fourth-order valence-corrected chi connectivity index (χ4v) is 1.56. The van der Waals surface area contributed by atoms with Gasteiger partial charge in [0, 0.05) is 19.5 Å². The fourth-order valence-electron chi connectivity index (χ4n) is 1.56. The number of nitrogens with zero attached hydrogens (tertiary/aromatic N) is 2. The number of aromatic nitrogens is 2. The van der Waals surface area contributed by atoms with E-state index >= 15 is 0 Å². The first-order valence-corrected chi connectivity index (χ1v) is 5.46. The maximum absolute atomic E-state index is 13.0. The third-order valence-electron chi connectivity index (χ3n) is 2.56. The minimum atomic E-state index is -0.203. The highest BCUT2D eigenvalue weighted by Gasteiger charge is 2.01. The Morgan fingerprint density at radius 3 is 3.06 bits per heavy atom. The largest absolute Gasteiger partial charge is 0.343 e. The molecule has 0 aliphatic carbocycles. The molecule has 0 radical (unpaired) electrons. The third-order valence-corrected chi connectivity index (χ3v) is 2.56. The summed E-state index contributed by atoms with van der Waals surface area (Å²) in [6, 6.07) is 4.81. The molecule has 0 aliphatic rings. The molecule has 2 aromatic rings. The van der Waals surface area contributed by atoms with Crippen LogP contribution in [0.1, 0.15) is 17.0 Å². The number of hydrogen-bond acceptors (Lipinski definition) is 4. The third kappa shape index (κ3) is 3.35. The first-order chi connectivity index (χ1) is 8.25. The molecule has 0 aliphatic heterocycles. The normalized spacial score (nSPS) is 10.7. The zero-order valence-corrected chi connectivity index (χ0v) is 9.61. The van der Waals surface area contributed by atoms with Crippen molar-refractivity contribution in [2.45, 2.75) is 19.9 Å². The van der Waals surface area contributed by atoms with E-state index < -0.39 is 0 Å². The Hall–Kier alpha value is -1.75. The quantitative estimate of drug-likeness (QED) is 0.803. The van der Waals surface area contributed by atoms with E-state index in [-0.39, 0.29) is 5.82 Å². The van der Waals surface area contributed by atoms with Crippen LogP contribution in [-0.2, 0) is 13.0 Å². The Balaban J connectivity index is 1.80. The lowest BCUT2D eigenvalue weighted by Gasteiger charge is -2.06. The average Bonchev–Trinajstić information content (AvgIpc) is 2.82. The summed E-state index contributed by atoms with van der Waals surface area (Å²) in [5.41, 5.74) is 2.05. The highest BCUT2D eigenvalue weighted by Crippen LogP contribution is 2.09. The van der Waals surface area contributed by atoms with Crippen LogP contribution in [-0.4, -0.2) is 16.7 Å². The van der Waals surface area contributed by atoms with E-state index in [9.17, 15) is 4.39 Å². The van der Waals surface area contributed by atoms with Gasteiger partial charge in [0.15, 0.2) is 5.82 Å². The standard InChI is InChI=1S/C12H14FN3O/c1-9-2-3-11(13)6-10(9)7-14-5-4-12-15-8-17-16-12/h2-3,6,8,14H,4-5,7H2,1H3. The first-order valence-electron chi connectivity index (χ1n) is 5.46. The van der Waals surface area contributed by atoms with Crippen LogP contribution in [0.2, 0.25) is 0 Å². The summed E-state index contributed by atoms with van der Waals surface area (Å²) >= 11 is 0. The molecule has 4 nitrogen and oxygen atoms in total. The lowest BCUT2D eigenvalue weighted by molar-refractivity contribution is 0.409. The minimum absolute atomic E-state index is 0.203. The summed E-state index contributed by atoms with van der Waals surface area (Å²) in [6.07, 6.45) is 2.01. The predicted molar refractivity (Wildman–Crippen MR) is 60.8 cm³/mol. The first kappa shape index (κ1) is 11.7. The van der Waals surface area contributed by atoms with E-state index in [0.29, 0.717) is 18.8 Å². The van der Waals surface area contributed by atoms with Gasteiger partial charge in [-0.3, -0.25) is 0 Å². The van der Waals surface area contributed by atoms with Crippen LogP contribution in [0.25, 0.3) is 0 Å². The highest BCUT2D eigenvalue weighted by molar-refractivity contribution is 5.26. The van der Waals surface area contributed by atoms with Crippen molar-refractivity contribution >= 4 is 0 Å². The number of benzene rings is 1. The highest BCUT2D eigenvalue weighted by atomic mass is 19.1. The zero-order chi connectivity index (χ0) is 12.1. The maximum atomic E-state index is 13.0. The van der Waals surface area contributed by atoms with Gasteiger partial charge in [0.25, 0.3) is 0 Å². The molecule has 1 aromatic carbocycles. The average molecular weight is 235 g/mol. The molecule has 0 atom stereocenters. The van der Waals surface area contributed by atoms with Crippen molar-refractivity contribution in [3.05, 3.63) is 47.4 Å². The molecule has 0 saturated carbocycles. The number of aryl methyl sites for hydroxylation is 1. The van der Waals surface area contributed by atoms with Gasteiger partial charge in [0.2, 0.25) is 6.39 Å². The van der Waals surface area contributed by atoms with Gasteiger partial charge in [-0.2, -0.15) is 4.98 Å². The van der Waals surface area contributed by atoms with Crippen molar-refractivity contribution in [1.82, 2.24) is 15.5 Å². The van der Waals surface area contributed by atoms with Gasteiger partial charge in [-0.1, -0.05) is 11.2 Å². The van der Waals surface area contributed by atoms with Crippen LogP contribution >= 0.6 is 0 Å². The molecule has 1 aromatic heterocycles. The molecule has 90 valence electrons. The van der Waals surface area contributed by atoms with Crippen LogP contribution in [0.4, 0.5) is 4.39 Å². The summed E-state index contributed by atoms with van der Waals surface area (Å²) in [5.74, 6) is 0.471. The second kappa shape index (κ2) is 5.54. The molecule has 17 heavy (non-hydrogen) atoms. The molecule has 0 saturated heterocycles. The topological polar surface area (TPSA) is 51.0 Å². The van der Waals surface area contributed by atoms with Crippen molar-refractivity contribution < 1.29 is 8.91 Å². The van der Waals surface area contributed by atoms with Gasteiger partial charge < -0.3 is 9.84 Å². The van der Waals surface area contributed by atoms with Gasteiger partial charge in [-0.15, -0.1) is 0 Å². The zero-order valence-electron chi connectivity index (χ0n) is 9.61. The van der Waals surface area contributed by atoms with Gasteiger partial charge in [0.1, 0.15) is 5.82 Å². The van der Waals surface area contributed by atoms with E-state index in [1.165, 1.54) is 12.5 Å². The molecule has 1 N–H and O–H groups in total. The molecule has 0 spiro atoms. The fraction of sp³-hybridized carbons (Fsp3) is 0.333. The predicted octanol–water partition coefficient (Wildman–Crippen LogP) is 1.85. The molecule has 0 amide bonds. The molecular formula is C12H14FN3O. The summed E-state index contributed by atoms with van der Waals surface area (Å²) in [4.78, 5) is 3.91. The summed E-state index contributed by atoms with van der Waals surface area (Å²) in [5, 5.41) is 6.93. The number of hydrogen-bond donors (Lipinski definition) is 1. The molecular weight excluding hydrogens is 221 g/mol.